The molecule has 0 fully saturated rings. The van der Waals surface area contributed by atoms with Crippen LogP contribution >= 0.6 is 15.9 Å². The smallest absolute Gasteiger partial charge is 0.256 e. The Morgan fingerprint density at radius 1 is 1.17 bits per heavy atom. The maximum absolute atomic E-state index is 12.5. The molecule has 0 spiro atoms. The van der Waals surface area contributed by atoms with E-state index in [9.17, 15) is 9.59 Å². The zero-order chi connectivity index (χ0) is 17.9. The fourth-order valence-electron chi connectivity index (χ4n) is 2.37. The van der Waals surface area contributed by atoms with Gasteiger partial charge in [-0.1, -0.05) is 19.1 Å². The molecule has 0 saturated heterocycles. The van der Waals surface area contributed by atoms with E-state index in [1.165, 1.54) is 0 Å². The summed E-state index contributed by atoms with van der Waals surface area (Å²) in [5.41, 5.74) is 2.21. The van der Waals surface area contributed by atoms with E-state index in [0.29, 0.717) is 28.0 Å². The predicted octanol–water partition coefficient (Wildman–Crippen LogP) is 4.50. The molecular weight excluding hydrogens is 372 g/mol. The van der Waals surface area contributed by atoms with Gasteiger partial charge >= 0.3 is 0 Å². The average molecular weight is 393 g/mol. The van der Waals surface area contributed by atoms with Crippen LogP contribution in [0.15, 0.2) is 33.2 Å². The minimum atomic E-state index is -0.188. The van der Waals surface area contributed by atoms with E-state index in [1.54, 1.807) is 20.8 Å². The Morgan fingerprint density at radius 3 is 2.29 bits per heavy atom. The van der Waals surface area contributed by atoms with Crippen LogP contribution in [0.2, 0.25) is 0 Å². The van der Waals surface area contributed by atoms with Gasteiger partial charge in [0, 0.05) is 12.1 Å². The minimum Gasteiger partial charge on any atom is -0.465 e. The summed E-state index contributed by atoms with van der Waals surface area (Å²) < 4.78 is 6.15. The highest BCUT2D eigenvalue weighted by Gasteiger charge is 2.21. The Morgan fingerprint density at radius 2 is 1.79 bits per heavy atom. The first-order chi connectivity index (χ1) is 11.3. The number of benzene rings is 1. The van der Waals surface area contributed by atoms with Crippen molar-refractivity contribution in [1.82, 2.24) is 5.32 Å². The first kappa shape index (κ1) is 18.3. The number of nitrogens with one attached hydrogen (secondary N) is 2. The first-order valence-corrected chi connectivity index (χ1v) is 8.59. The number of rotatable bonds is 5. The summed E-state index contributed by atoms with van der Waals surface area (Å²) in [7, 11) is 0. The van der Waals surface area contributed by atoms with Gasteiger partial charge in [0.05, 0.1) is 16.1 Å². The van der Waals surface area contributed by atoms with Crippen LogP contribution in [0.1, 0.15) is 53.8 Å². The molecule has 2 rings (SSSR count). The van der Waals surface area contributed by atoms with Crippen molar-refractivity contribution in [2.24, 2.45) is 0 Å². The van der Waals surface area contributed by atoms with Crippen LogP contribution in [0.3, 0.4) is 0 Å². The molecule has 0 radical (unpaired) electrons. The summed E-state index contributed by atoms with van der Waals surface area (Å²) in [6.45, 7) is 7.29. The summed E-state index contributed by atoms with van der Waals surface area (Å²) in [5.74, 6) is 1.05. The third kappa shape index (κ3) is 4.06. The van der Waals surface area contributed by atoms with E-state index in [4.69, 9.17) is 4.42 Å². The number of amides is 2. The van der Waals surface area contributed by atoms with Crippen LogP contribution in [0.25, 0.3) is 0 Å². The van der Waals surface area contributed by atoms with E-state index in [1.807, 2.05) is 31.2 Å². The number of carbonyl (C=O) groups is 2. The zero-order valence-electron chi connectivity index (χ0n) is 14.2. The van der Waals surface area contributed by atoms with E-state index < -0.39 is 0 Å². The largest absolute Gasteiger partial charge is 0.465 e. The van der Waals surface area contributed by atoms with Crippen molar-refractivity contribution in [2.45, 2.75) is 40.2 Å². The van der Waals surface area contributed by atoms with Crippen LogP contribution in [-0.4, -0.2) is 11.8 Å². The second kappa shape index (κ2) is 7.66. The molecule has 1 unspecified atom stereocenters. The topological polar surface area (TPSA) is 71.3 Å². The number of aryl methyl sites for hydroxylation is 2. The van der Waals surface area contributed by atoms with Crippen LogP contribution in [-0.2, 0) is 4.79 Å². The van der Waals surface area contributed by atoms with Crippen LogP contribution in [0.4, 0.5) is 5.69 Å². The lowest BCUT2D eigenvalue weighted by atomic mass is 10.1. The summed E-state index contributed by atoms with van der Waals surface area (Å²) in [4.78, 5) is 23.9. The highest BCUT2D eigenvalue weighted by Crippen LogP contribution is 2.28. The third-order valence-corrected chi connectivity index (χ3v) is 4.73. The molecular formula is C18H21BrN2O3. The normalized spacial score (nSPS) is 11.9. The molecule has 0 saturated carbocycles. The highest BCUT2D eigenvalue weighted by atomic mass is 79.9. The zero-order valence-corrected chi connectivity index (χ0v) is 15.8. The van der Waals surface area contributed by atoms with Crippen molar-refractivity contribution in [3.05, 3.63) is 51.4 Å². The molecule has 1 heterocycles. The molecule has 2 aromatic rings. The molecule has 6 heteroatoms. The van der Waals surface area contributed by atoms with E-state index in [-0.39, 0.29) is 17.9 Å². The molecule has 0 bridgehead atoms. The lowest BCUT2D eigenvalue weighted by Crippen LogP contribution is -2.27. The van der Waals surface area contributed by atoms with Gasteiger partial charge < -0.3 is 15.1 Å². The molecule has 0 aliphatic carbocycles. The maximum atomic E-state index is 12.5. The van der Waals surface area contributed by atoms with Gasteiger partial charge in [0.1, 0.15) is 11.5 Å². The molecule has 1 atom stereocenters. The van der Waals surface area contributed by atoms with Gasteiger partial charge in [0.15, 0.2) is 0 Å². The molecule has 1 aromatic carbocycles. The Labute approximate surface area is 149 Å². The molecule has 1 aromatic heterocycles. The number of hydrogen-bond acceptors (Lipinski definition) is 3. The second-order valence-electron chi connectivity index (χ2n) is 5.62. The summed E-state index contributed by atoms with van der Waals surface area (Å²) in [6.07, 6.45) is 0.437. The van der Waals surface area contributed by atoms with Gasteiger partial charge in [0.25, 0.3) is 5.91 Å². The maximum Gasteiger partial charge on any atom is 0.256 e. The van der Waals surface area contributed by atoms with Crippen LogP contribution in [0.5, 0.6) is 0 Å². The van der Waals surface area contributed by atoms with Crippen molar-refractivity contribution in [3.63, 3.8) is 0 Å². The number of halogens is 1. The molecule has 5 nitrogen and oxygen atoms in total. The second-order valence-corrected chi connectivity index (χ2v) is 6.42. The van der Waals surface area contributed by atoms with Gasteiger partial charge in [-0.25, -0.2) is 0 Å². The molecule has 24 heavy (non-hydrogen) atoms. The lowest BCUT2D eigenvalue weighted by Gasteiger charge is -2.15. The standard InChI is InChI=1S/C18H21BrN2O3/c1-5-15(22)21-14-8-6-13(7-9-14)10(2)20-18(23)16-11(3)24-12(4)17(16)19/h6-10H,5H2,1-4H3,(H,20,23)(H,21,22). The summed E-state index contributed by atoms with van der Waals surface area (Å²) >= 11 is 3.39. The molecule has 2 N–H and O–H groups in total. The van der Waals surface area contributed by atoms with Gasteiger partial charge in [-0.3, -0.25) is 9.59 Å². The fourth-order valence-corrected chi connectivity index (χ4v) is 2.91. The van der Waals surface area contributed by atoms with E-state index >= 15 is 0 Å². The predicted molar refractivity (Wildman–Crippen MR) is 97.1 cm³/mol. The quantitative estimate of drug-likeness (QED) is 0.786. The number of anilines is 1. The Hall–Kier alpha value is -2.08. The molecule has 0 aliphatic rings. The monoisotopic (exact) mass is 392 g/mol. The Bertz CT molecular complexity index is 750. The van der Waals surface area contributed by atoms with Crippen LogP contribution < -0.4 is 10.6 Å². The Kier molecular flexibility index (Phi) is 5.83. The van der Waals surface area contributed by atoms with Crippen molar-refractivity contribution >= 4 is 33.4 Å². The van der Waals surface area contributed by atoms with Gasteiger partial charge in [0.2, 0.25) is 5.91 Å². The van der Waals surface area contributed by atoms with E-state index in [0.717, 1.165) is 11.3 Å². The van der Waals surface area contributed by atoms with Crippen molar-refractivity contribution < 1.29 is 14.0 Å². The van der Waals surface area contributed by atoms with Gasteiger partial charge in [-0.15, -0.1) is 0 Å². The summed E-state index contributed by atoms with van der Waals surface area (Å²) in [6, 6.07) is 7.26. The minimum absolute atomic E-state index is 0.0280. The molecule has 128 valence electrons. The first-order valence-electron chi connectivity index (χ1n) is 7.79. The number of hydrogen-bond donors (Lipinski definition) is 2. The number of carbonyl (C=O) groups excluding carboxylic acids is 2. The van der Waals surface area contributed by atoms with E-state index in [2.05, 4.69) is 26.6 Å². The molecule has 0 aliphatic heterocycles. The lowest BCUT2D eigenvalue weighted by molar-refractivity contribution is -0.115. The van der Waals surface area contributed by atoms with Crippen LogP contribution in [0, 0.1) is 13.8 Å². The SMILES string of the molecule is CCC(=O)Nc1ccc(C(C)NC(=O)c2c(C)oc(C)c2Br)cc1. The van der Waals surface area contributed by atoms with Crippen molar-refractivity contribution in [1.29, 1.82) is 0 Å². The van der Waals surface area contributed by atoms with Gasteiger partial charge in [-0.05, 0) is 54.4 Å². The average Bonchev–Trinajstić information content (AvgIpc) is 2.80. The van der Waals surface area contributed by atoms with Crippen molar-refractivity contribution in [2.75, 3.05) is 5.32 Å². The third-order valence-electron chi connectivity index (χ3n) is 3.78. The highest BCUT2D eigenvalue weighted by molar-refractivity contribution is 9.10. The van der Waals surface area contributed by atoms with Crippen molar-refractivity contribution in [3.8, 4) is 0 Å². The number of furan rings is 1. The molecule has 2 amide bonds. The fraction of sp³-hybridized carbons (Fsp3) is 0.333. The summed E-state index contributed by atoms with van der Waals surface area (Å²) in [5, 5.41) is 5.76. The van der Waals surface area contributed by atoms with Gasteiger partial charge in [-0.2, -0.15) is 0 Å². The Balaban J connectivity index is 2.07.